The number of nitrogens with one attached hydrogen (secondary N) is 1. The van der Waals surface area contributed by atoms with Gasteiger partial charge in [0.1, 0.15) is 22.7 Å². The average Bonchev–Trinajstić information content (AvgIpc) is 3.53. The Morgan fingerprint density at radius 3 is 2.71 bits per heavy atom. The summed E-state index contributed by atoms with van der Waals surface area (Å²) in [5.74, 6) is 0.408. The average molecular weight is 471 g/mol. The van der Waals surface area contributed by atoms with Crippen molar-refractivity contribution in [1.82, 2.24) is 15.1 Å². The van der Waals surface area contributed by atoms with Crippen molar-refractivity contribution in [1.29, 1.82) is 0 Å². The number of nitrogens with zero attached hydrogens (tertiary/aromatic N) is 3. The van der Waals surface area contributed by atoms with Crippen LogP contribution in [0.1, 0.15) is 28.5 Å². The van der Waals surface area contributed by atoms with Crippen molar-refractivity contribution < 1.29 is 18.7 Å². The number of para-hydroxylation sites is 2. The number of hydrogen-bond acceptors (Lipinski definition) is 5. The first kappa shape index (κ1) is 22.5. The van der Waals surface area contributed by atoms with Gasteiger partial charge in [-0.05, 0) is 43.7 Å². The zero-order valence-corrected chi connectivity index (χ0v) is 19.8. The Morgan fingerprint density at radius 1 is 1.14 bits per heavy atom. The van der Waals surface area contributed by atoms with Gasteiger partial charge in [-0.15, -0.1) is 0 Å². The maximum atomic E-state index is 13.9. The summed E-state index contributed by atoms with van der Waals surface area (Å²) < 4.78 is 12.6. The van der Waals surface area contributed by atoms with Crippen molar-refractivity contribution in [3.63, 3.8) is 0 Å². The Balaban J connectivity index is 1.56. The molecule has 0 bridgehead atoms. The van der Waals surface area contributed by atoms with Gasteiger partial charge >= 0.3 is 0 Å². The standard InChI is InChI=1S/C27H26N4O4/c1-18-8-6-9-19(14-18)16-28-26(33)27(2)17-30-22(15-20(29-30)23-12-7-13-35-23)25(32)31(27)21-10-4-5-11-24(21)34-3/h4-15H,16-17H2,1-3H3,(H,28,33). The van der Waals surface area contributed by atoms with Crippen LogP contribution in [0.5, 0.6) is 5.75 Å². The minimum atomic E-state index is -1.27. The van der Waals surface area contributed by atoms with Gasteiger partial charge in [-0.3, -0.25) is 19.2 Å². The summed E-state index contributed by atoms with van der Waals surface area (Å²) >= 11 is 0. The zero-order chi connectivity index (χ0) is 24.6. The highest BCUT2D eigenvalue weighted by Gasteiger charge is 2.49. The fourth-order valence-electron chi connectivity index (χ4n) is 4.51. The molecular weight excluding hydrogens is 444 g/mol. The van der Waals surface area contributed by atoms with Crippen molar-refractivity contribution in [2.24, 2.45) is 0 Å². The van der Waals surface area contributed by atoms with E-state index in [0.717, 1.165) is 11.1 Å². The van der Waals surface area contributed by atoms with Crippen LogP contribution < -0.4 is 15.0 Å². The van der Waals surface area contributed by atoms with Gasteiger partial charge in [0.25, 0.3) is 5.91 Å². The smallest absolute Gasteiger partial charge is 0.277 e. The van der Waals surface area contributed by atoms with E-state index in [9.17, 15) is 9.59 Å². The lowest BCUT2D eigenvalue weighted by molar-refractivity contribution is -0.126. The lowest BCUT2D eigenvalue weighted by Crippen LogP contribution is -2.64. The van der Waals surface area contributed by atoms with E-state index in [1.54, 1.807) is 55.3 Å². The van der Waals surface area contributed by atoms with Crippen molar-refractivity contribution >= 4 is 17.5 Å². The third-order valence-corrected chi connectivity index (χ3v) is 6.28. The van der Waals surface area contributed by atoms with Crippen LogP contribution in [0.3, 0.4) is 0 Å². The number of fused-ring (bicyclic) bond motifs is 1. The number of carbonyl (C=O) groups is 2. The van der Waals surface area contributed by atoms with E-state index in [-0.39, 0.29) is 18.4 Å². The molecule has 0 saturated heterocycles. The van der Waals surface area contributed by atoms with Crippen LogP contribution >= 0.6 is 0 Å². The molecule has 0 fully saturated rings. The summed E-state index contributed by atoms with van der Waals surface area (Å²) in [4.78, 5) is 29.2. The highest BCUT2D eigenvalue weighted by atomic mass is 16.5. The molecule has 1 aliphatic heterocycles. The molecule has 0 radical (unpaired) electrons. The van der Waals surface area contributed by atoms with Crippen LogP contribution in [0.25, 0.3) is 11.5 Å². The monoisotopic (exact) mass is 470 g/mol. The van der Waals surface area contributed by atoms with Gasteiger partial charge in [-0.2, -0.15) is 5.10 Å². The molecule has 1 unspecified atom stereocenters. The second-order valence-electron chi connectivity index (χ2n) is 8.81. The van der Waals surface area contributed by atoms with E-state index < -0.39 is 5.54 Å². The predicted molar refractivity (Wildman–Crippen MR) is 131 cm³/mol. The van der Waals surface area contributed by atoms with Gasteiger partial charge in [0.2, 0.25) is 5.91 Å². The molecule has 5 rings (SSSR count). The van der Waals surface area contributed by atoms with Crippen LogP contribution in [0.4, 0.5) is 5.69 Å². The summed E-state index contributed by atoms with van der Waals surface area (Å²) in [6.45, 7) is 4.26. The molecule has 0 aliphatic carbocycles. The summed E-state index contributed by atoms with van der Waals surface area (Å²) in [7, 11) is 1.54. The summed E-state index contributed by atoms with van der Waals surface area (Å²) in [6.07, 6.45) is 1.56. The van der Waals surface area contributed by atoms with Crippen LogP contribution in [0.2, 0.25) is 0 Å². The minimum Gasteiger partial charge on any atom is -0.495 e. The number of amides is 2. The zero-order valence-electron chi connectivity index (χ0n) is 19.8. The quantitative estimate of drug-likeness (QED) is 0.456. The first-order valence-corrected chi connectivity index (χ1v) is 11.3. The molecule has 0 saturated carbocycles. The number of benzene rings is 2. The largest absolute Gasteiger partial charge is 0.495 e. The van der Waals surface area contributed by atoms with Crippen molar-refractivity contribution in [3.8, 4) is 17.2 Å². The maximum Gasteiger partial charge on any atom is 0.277 e. The lowest BCUT2D eigenvalue weighted by atomic mass is 9.93. The van der Waals surface area contributed by atoms with Crippen LogP contribution in [0.15, 0.2) is 77.4 Å². The van der Waals surface area contributed by atoms with E-state index in [4.69, 9.17) is 9.15 Å². The normalized spacial score (nSPS) is 17.2. The maximum absolute atomic E-state index is 13.9. The summed E-state index contributed by atoms with van der Waals surface area (Å²) in [5, 5.41) is 7.61. The number of anilines is 1. The second-order valence-corrected chi connectivity index (χ2v) is 8.81. The fourth-order valence-corrected chi connectivity index (χ4v) is 4.51. The molecular formula is C27H26N4O4. The number of aromatic nitrogens is 2. The van der Waals surface area contributed by atoms with Crippen molar-refractivity contribution in [2.75, 3.05) is 12.0 Å². The highest BCUT2D eigenvalue weighted by molar-refractivity contribution is 6.12. The second kappa shape index (κ2) is 8.79. The Kier molecular flexibility index (Phi) is 5.64. The number of rotatable bonds is 6. The van der Waals surface area contributed by atoms with Gasteiger partial charge in [-0.1, -0.05) is 42.0 Å². The lowest BCUT2D eigenvalue weighted by Gasteiger charge is -2.43. The molecule has 1 N–H and O–H groups in total. The topological polar surface area (TPSA) is 89.6 Å². The first-order valence-electron chi connectivity index (χ1n) is 11.3. The Labute approximate surface area is 203 Å². The van der Waals surface area contributed by atoms with E-state index in [2.05, 4.69) is 10.4 Å². The first-order chi connectivity index (χ1) is 16.9. The molecule has 1 aliphatic rings. The molecule has 35 heavy (non-hydrogen) atoms. The molecule has 4 aromatic rings. The summed E-state index contributed by atoms with van der Waals surface area (Å²) in [5.41, 5.74) is 2.23. The molecule has 178 valence electrons. The van der Waals surface area contributed by atoms with Crippen LogP contribution in [-0.4, -0.2) is 34.2 Å². The van der Waals surface area contributed by atoms with Gasteiger partial charge in [0.05, 0.1) is 25.6 Å². The van der Waals surface area contributed by atoms with Crippen LogP contribution in [0, 0.1) is 6.92 Å². The van der Waals surface area contributed by atoms with E-state index in [1.165, 1.54) is 4.90 Å². The Hall–Kier alpha value is -4.33. The number of aryl methyl sites for hydroxylation is 1. The molecule has 3 heterocycles. The number of methoxy groups -OCH3 is 1. The predicted octanol–water partition coefficient (Wildman–Crippen LogP) is 4.20. The number of carbonyl (C=O) groups excluding carboxylic acids is 2. The third-order valence-electron chi connectivity index (χ3n) is 6.28. The fraction of sp³-hybridized carbons (Fsp3) is 0.222. The highest BCUT2D eigenvalue weighted by Crippen LogP contribution is 2.38. The van der Waals surface area contributed by atoms with Gasteiger partial charge in [-0.25, -0.2) is 0 Å². The number of hydrogen-bond donors (Lipinski definition) is 1. The van der Waals surface area contributed by atoms with Gasteiger partial charge in [0, 0.05) is 12.6 Å². The Morgan fingerprint density at radius 2 is 1.97 bits per heavy atom. The molecule has 1 atom stereocenters. The van der Waals surface area contributed by atoms with Gasteiger partial charge < -0.3 is 14.5 Å². The van der Waals surface area contributed by atoms with E-state index >= 15 is 0 Å². The van der Waals surface area contributed by atoms with Crippen molar-refractivity contribution in [3.05, 3.63) is 89.8 Å². The van der Waals surface area contributed by atoms with Crippen molar-refractivity contribution in [2.45, 2.75) is 32.5 Å². The molecule has 2 amide bonds. The molecule has 2 aromatic carbocycles. The SMILES string of the molecule is COc1ccccc1N1C(=O)c2cc(-c3ccco3)nn2CC1(C)C(=O)NCc1cccc(C)c1. The molecule has 8 nitrogen and oxygen atoms in total. The molecule has 8 heteroatoms. The van der Waals surface area contributed by atoms with Gasteiger partial charge in [0.15, 0.2) is 5.76 Å². The van der Waals surface area contributed by atoms with E-state index in [0.29, 0.717) is 35.1 Å². The Bertz CT molecular complexity index is 1390. The number of furan rings is 1. The molecule has 2 aromatic heterocycles. The number of ether oxygens (including phenoxy) is 1. The molecule has 0 spiro atoms. The van der Waals surface area contributed by atoms with E-state index in [1.807, 2.05) is 43.3 Å². The van der Waals surface area contributed by atoms with Crippen LogP contribution in [-0.2, 0) is 17.9 Å². The summed E-state index contributed by atoms with van der Waals surface area (Å²) in [6, 6.07) is 20.4. The minimum absolute atomic E-state index is 0.159. The third kappa shape index (κ3) is 3.97.